The molecule has 1 aliphatic heterocycles. The lowest BCUT2D eigenvalue weighted by Gasteiger charge is -2.21. The second-order valence-electron chi connectivity index (χ2n) is 4.98. The zero-order valence-electron chi connectivity index (χ0n) is 11.9. The van der Waals surface area contributed by atoms with Gasteiger partial charge in [0.05, 0.1) is 16.0 Å². The van der Waals surface area contributed by atoms with Crippen LogP contribution in [0.15, 0.2) is 57.2 Å². The minimum absolute atomic E-state index is 0.0782. The van der Waals surface area contributed by atoms with Crippen molar-refractivity contribution in [3.8, 4) is 0 Å². The molecule has 0 aliphatic carbocycles. The lowest BCUT2D eigenvalue weighted by atomic mass is 10.0. The topological polar surface area (TPSA) is 54.4 Å². The van der Waals surface area contributed by atoms with Gasteiger partial charge in [0, 0.05) is 17.1 Å². The van der Waals surface area contributed by atoms with Crippen molar-refractivity contribution in [2.75, 3.05) is 0 Å². The number of hydrogen-bond donors (Lipinski definition) is 1. The molecule has 2 heterocycles. The molecule has 0 spiro atoms. The molecule has 1 aliphatic rings. The van der Waals surface area contributed by atoms with Crippen molar-refractivity contribution in [1.29, 1.82) is 0 Å². The predicted molar refractivity (Wildman–Crippen MR) is 92.1 cm³/mol. The fourth-order valence-electron chi connectivity index (χ4n) is 2.12. The maximum Gasteiger partial charge on any atom is 0.254 e. The highest BCUT2D eigenvalue weighted by atomic mass is 79.9. The van der Waals surface area contributed by atoms with E-state index in [2.05, 4.69) is 31.4 Å². The number of thioether (sulfide) groups is 1. The number of carbonyl (C=O) groups is 1. The Labute approximate surface area is 141 Å². The molecule has 22 heavy (non-hydrogen) atoms. The van der Waals surface area contributed by atoms with E-state index in [1.165, 1.54) is 17.3 Å². The molecule has 0 saturated heterocycles. The van der Waals surface area contributed by atoms with Gasteiger partial charge in [0.1, 0.15) is 0 Å². The molecular formula is C16H14BrN3OS. The minimum atomic E-state index is -0.220. The van der Waals surface area contributed by atoms with E-state index < -0.39 is 0 Å². The Morgan fingerprint density at radius 2 is 2.18 bits per heavy atom. The number of benzene rings is 1. The summed E-state index contributed by atoms with van der Waals surface area (Å²) in [5.74, 6) is -0.0782. The normalized spacial score (nSPS) is 17.8. The highest BCUT2D eigenvalue weighted by molar-refractivity contribution is 9.10. The van der Waals surface area contributed by atoms with Crippen LogP contribution in [0.3, 0.4) is 0 Å². The van der Waals surface area contributed by atoms with E-state index in [1.54, 1.807) is 6.20 Å². The van der Waals surface area contributed by atoms with Crippen molar-refractivity contribution in [2.45, 2.75) is 23.6 Å². The quantitative estimate of drug-likeness (QED) is 0.892. The number of rotatable bonds is 3. The van der Waals surface area contributed by atoms with Crippen LogP contribution in [0.5, 0.6) is 0 Å². The van der Waals surface area contributed by atoms with E-state index in [9.17, 15) is 4.79 Å². The molecule has 1 aromatic heterocycles. The molecule has 1 atom stereocenters. The fourth-order valence-corrected chi connectivity index (χ4v) is 3.47. The molecule has 4 nitrogen and oxygen atoms in total. The highest BCUT2D eigenvalue weighted by Crippen LogP contribution is 2.28. The van der Waals surface area contributed by atoms with Gasteiger partial charge in [-0.1, -0.05) is 45.9 Å². The number of aryl methyl sites for hydroxylation is 1. The van der Waals surface area contributed by atoms with Crippen LogP contribution in [-0.2, 0) is 4.79 Å². The number of carbonyl (C=O) groups excluding carboxylic acids is 1. The van der Waals surface area contributed by atoms with Crippen molar-refractivity contribution in [2.24, 2.45) is 5.10 Å². The maximum atomic E-state index is 12.0. The third-order valence-electron chi connectivity index (χ3n) is 3.38. The first-order valence-corrected chi connectivity index (χ1v) is 8.51. The van der Waals surface area contributed by atoms with Crippen molar-refractivity contribution >= 4 is 39.3 Å². The molecule has 112 valence electrons. The van der Waals surface area contributed by atoms with E-state index in [-0.39, 0.29) is 11.2 Å². The molecule has 1 aromatic carbocycles. The van der Waals surface area contributed by atoms with Crippen LogP contribution < -0.4 is 5.43 Å². The number of hydrogen-bond acceptors (Lipinski definition) is 4. The molecular weight excluding hydrogens is 362 g/mol. The summed E-state index contributed by atoms with van der Waals surface area (Å²) in [6.07, 6.45) is 2.32. The largest absolute Gasteiger partial charge is 0.272 e. The van der Waals surface area contributed by atoms with Gasteiger partial charge >= 0.3 is 0 Å². The average molecular weight is 376 g/mol. The number of aromatic nitrogens is 1. The van der Waals surface area contributed by atoms with Gasteiger partial charge in [0.15, 0.2) is 0 Å². The molecule has 0 fully saturated rings. The van der Waals surface area contributed by atoms with E-state index in [0.29, 0.717) is 6.42 Å². The molecule has 0 radical (unpaired) electrons. The Hall–Kier alpha value is -1.66. The van der Waals surface area contributed by atoms with Gasteiger partial charge in [0.25, 0.3) is 5.91 Å². The Balaban J connectivity index is 1.80. The van der Waals surface area contributed by atoms with Crippen molar-refractivity contribution in [3.63, 3.8) is 0 Å². The number of halogens is 1. The molecule has 1 amide bonds. The number of hydrazone groups is 1. The first kappa shape index (κ1) is 15.2. The molecule has 0 saturated carbocycles. The summed E-state index contributed by atoms with van der Waals surface area (Å²) in [4.78, 5) is 16.3. The van der Waals surface area contributed by atoms with Gasteiger partial charge < -0.3 is 0 Å². The Bertz CT molecular complexity index is 733. The number of nitrogens with zero attached hydrogens (tertiary/aromatic N) is 2. The lowest BCUT2D eigenvalue weighted by Crippen LogP contribution is -2.36. The highest BCUT2D eigenvalue weighted by Gasteiger charge is 2.27. The summed E-state index contributed by atoms with van der Waals surface area (Å²) in [5.41, 5.74) is 5.69. The summed E-state index contributed by atoms with van der Waals surface area (Å²) >= 11 is 5.00. The average Bonchev–Trinajstić information content (AvgIpc) is 2.53. The van der Waals surface area contributed by atoms with E-state index in [0.717, 1.165) is 20.8 Å². The van der Waals surface area contributed by atoms with Gasteiger partial charge in [-0.2, -0.15) is 5.10 Å². The molecule has 0 bridgehead atoms. The molecule has 1 N–H and O–H groups in total. The zero-order chi connectivity index (χ0) is 15.5. The first-order valence-electron chi connectivity index (χ1n) is 6.84. The Kier molecular flexibility index (Phi) is 4.59. The van der Waals surface area contributed by atoms with Crippen LogP contribution in [-0.4, -0.2) is 21.9 Å². The van der Waals surface area contributed by atoms with Crippen LogP contribution in [0.4, 0.5) is 0 Å². The summed E-state index contributed by atoms with van der Waals surface area (Å²) in [7, 11) is 0. The molecule has 2 aromatic rings. The number of pyridine rings is 1. The standard InChI is InChI=1S/C16H14BrN3OS/c1-10-5-6-11(8-12(10)17)13-9-14(16(21)20-19-13)22-15-4-2-3-7-18-15/h2-8,14H,9H2,1H3,(H,20,21). The van der Waals surface area contributed by atoms with Gasteiger partial charge in [-0.05, 0) is 36.2 Å². The smallest absolute Gasteiger partial charge is 0.254 e. The van der Waals surface area contributed by atoms with Crippen molar-refractivity contribution < 1.29 is 4.79 Å². The third kappa shape index (κ3) is 3.39. The SMILES string of the molecule is Cc1ccc(C2=NNC(=O)C(Sc3ccccn3)C2)cc1Br. The minimum Gasteiger partial charge on any atom is -0.272 e. The summed E-state index contributed by atoms with van der Waals surface area (Å²) in [5, 5.41) is 4.83. The van der Waals surface area contributed by atoms with Crippen LogP contribution in [0.25, 0.3) is 0 Å². The number of amides is 1. The number of nitrogens with one attached hydrogen (secondary N) is 1. The van der Waals surface area contributed by atoms with Crippen LogP contribution in [0.1, 0.15) is 17.5 Å². The summed E-state index contributed by atoms with van der Waals surface area (Å²) in [6, 6.07) is 11.8. The lowest BCUT2D eigenvalue weighted by molar-refractivity contribution is -0.120. The Morgan fingerprint density at radius 3 is 2.91 bits per heavy atom. The Morgan fingerprint density at radius 1 is 1.32 bits per heavy atom. The molecule has 3 rings (SSSR count). The van der Waals surface area contributed by atoms with E-state index in [1.807, 2.05) is 43.3 Å². The fraction of sp³-hybridized carbons (Fsp3) is 0.188. The van der Waals surface area contributed by atoms with Crippen LogP contribution in [0.2, 0.25) is 0 Å². The maximum absolute atomic E-state index is 12.0. The molecule has 6 heteroatoms. The van der Waals surface area contributed by atoms with E-state index >= 15 is 0 Å². The van der Waals surface area contributed by atoms with Gasteiger partial charge in [-0.3, -0.25) is 4.79 Å². The second-order valence-corrected chi connectivity index (χ2v) is 7.05. The zero-order valence-corrected chi connectivity index (χ0v) is 14.3. The van der Waals surface area contributed by atoms with Crippen molar-refractivity contribution in [3.05, 3.63) is 58.2 Å². The molecule has 1 unspecified atom stereocenters. The monoisotopic (exact) mass is 375 g/mol. The van der Waals surface area contributed by atoms with E-state index in [4.69, 9.17) is 0 Å². The van der Waals surface area contributed by atoms with Crippen molar-refractivity contribution in [1.82, 2.24) is 10.4 Å². The summed E-state index contributed by atoms with van der Waals surface area (Å²) < 4.78 is 1.04. The summed E-state index contributed by atoms with van der Waals surface area (Å²) in [6.45, 7) is 2.04. The van der Waals surface area contributed by atoms with Crippen LogP contribution in [0, 0.1) is 6.92 Å². The predicted octanol–water partition coefficient (Wildman–Crippen LogP) is 3.54. The second kappa shape index (κ2) is 6.62. The van der Waals surface area contributed by atoms with Gasteiger partial charge in [-0.25, -0.2) is 10.4 Å². The first-order chi connectivity index (χ1) is 10.6. The van der Waals surface area contributed by atoms with Gasteiger partial charge in [0.2, 0.25) is 0 Å². The van der Waals surface area contributed by atoms with Crippen LogP contribution >= 0.6 is 27.7 Å². The van der Waals surface area contributed by atoms with Gasteiger partial charge in [-0.15, -0.1) is 0 Å². The third-order valence-corrected chi connectivity index (χ3v) is 5.38.